The van der Waals surface area contributed by atoms with E-state index in [9.17, 15) is 0 Å². The summed E-state index contributed by atoms with van der Waals surface area (Å²) in [5.41, 5.74) is 6.06. The lowest BCUT2D eigenvalue weighted by atomic mass is 10.3. The Morgan fingerprint density at radius 1 is 1.55 bits per heavy atom. The fourth-order valence-electron chi connectivity index (χ4n) is 0.612. The van der Waals surface area contributed by atoms with Gasteiger partial charge in [0.05, 0.1) is 5.56 Å². The van der Waals surface area contributed by atoms with E-state index >= 15 is 0 Å². The predicted molar refractivity (Wildman–Crippen MR) is 44.0 cm³/mol. The minimum atomic E-state index is 0.303. The van der Waals surface area contributed by atoms with Gasteiger partial charge in [-0.1, -0.05) is 17.5 Å². The molecule has 0 aromatic carbocycles. The van der Waals surface area contributed by atoms with Gasteiger partial charge in [0.1, 0.15) is 0 Å². The van der Waals surface area contributed by atoms with Crippen molar-refractivity contribution in [2.24, 2.45) is 0 Å². The van der Waals surface area contributed by atoms with Crippen molar-refractivity contribution in [3.63, 3.8) is 0 Å². The molecule has 0 spiro atoms. The summed E-state index contributed by atoms with van der Waals surface area (Å²) in [6.45, 7) is 1.72. The van der Waals surface area contributed by atoms with Crippen LogP contribution in [0.5, 0.6) is 0 Å². The highest BCUT2D eigenvalue weighted by Crippen LogP contribution is 2.09. The summed E-state index contributed by atoms with van der Waals surface area (Å²) in [6.07, 6.45) is 0. The van der Waals surface area contributed by atoms with Crippen molar-refractivity contribution in [3.8, 4) is 11.8 Å². The zero-order valence-corrected chi connectivity index (χ0v) is 6.68. The minimum absolute atomic E-state index is 0.303. The van der Waals surface area contributed by atoms with Crippen LogP contribution in [0.1, 0.15) is 12.5 Å². The zero-order valence-electron chi connectivity index (χ0n) is 5.93. The van der Waals surface area contributed by atoms with E-state index in [0.29, 0.717) is 16.5 Å². The van der Waals surface area contributed by atoms with Crippen LogP contribution in [-0.2, 0) is 0 Å². The lowest BCUT2D eigenvalue weighted by molar-refractivity contribution is 1.04. The van der Waals surface area contributed by atoms with Gasteiger partial charge in [-0.3, -0.25) is 0 Å². The first-order valence-corrected chi connectivity index (χ1v) is 3.33. The fraction of sp³-hybridized carbons (Fsp3) is 0.143. The van der Waals surface area contributed by atoms with Gasteiger partial charge in [0.15, 0.2) is 11.0 Å². The highest BCUT2D eigenvalue weighted by molar-refractivity contribution is 6.29. The number of hydrogen-bond acceptors (Lipinski definition) is 3. The molecule has 0 fully saturated rings. The van der Waals surface area contributed by atoms with Gasteiger partial charge < -0.3 is 5.73 Å². The van der Waals surface area contributed by atoms with Crippen LogP contribution in [0.25, 0.3) is 0 Å². The Labute approximate surface area is 69.6 Å². The van der Waals surface area contributed by atoms with Gasteiger partial charge in [-0.25, -0.2) is 0 Å². The number of nitrogens with zero attached hydrogens (tertiary/aromatic N) is 2. The monoisotopic (exact) mass is 167 g/mol. The highest BCUT2D eigenvalue weighted by atomic mass is 35.5. The van der Waals surface area contributed by atoms with Crippen LogP contribution < -0.4 is 5.73 Å². The molecule has 1 aromatic rings. The highest BCUT2D eigenvalue weighted by Gasteiger charge is 1.98. The molecule has 0 saturated heterocycles. The molecular formula is C7H6ClN3. The molecule has 0 amide bonds. The van der Waals surface area contributed by atoms with E-state index in [1.54, 1.807) is 13.0 Å². The molecule has 0 saturated carbocycles. The van der Waals surface area contributed by atoms with E-state index in [-0.39, 0.29) is 0 Å². The Hall–Kier alpha value is -1.27. The van der Waals surface area contributed by atoms with Gasteiger partial charge in [0.25, 0.3) is 0 Å². The van der Waals surface area contributed by atoms with Gasteiger partial charge in [-0.15, -0.1) is 16.1 Å². The molecule has 0 radical (unpaired) electrons. The number of anilines is 1. The first-order chi connectivity index (χ1) is 5.24. The van der Waals surface area contributed by atoms with Crippen molar-refractivity contribution in [2.75, 3.05) is 5.73 Å². The molecule has 56 valence electrons. The quantitative estimate of drug-likeness (QED) is 0.589. The Morgan fingerprint density at radius 3 is 2.91 bits per heavy atom. The number of hydrogen-bond donors (Lipinski definition) is 1. The van der Waals surface area contributed by atoms with Crippen molar-refractivity contribution in [1.29, 1.82) is 0 Å². The lowest BCUT2D eigenvalue weighted by Gasteiger charge is -1.94. The van der Waals surface area contributed by atoms with Crippen LogP contribution in [0.4, 0.5) is 5.82 Å². The van der Waals surface area contributed by atoms with Crippen LogP contribution in [0, 0.1) is 11.8 Å². The topological polar surface area (TPSA) is 51.8 Å². The summed E-state index contributed by atoms with van der Waals surface area (Å²) < 4.78 is 0. The Morgan fingerprint density at radius 2 is 2.27 bits per heavy atom. The molecule has 1 heterocycles. The number of aromatic nitrogens is 2. The number of nitrogens with two attached hydrogens (primary N) is 1. The summed E-state index contributed by atoms with van der Waals surface area (Å²) in [5, 5.41) is 7.44. The van der Waals surface area contributed by atoms with Gasteiger partial charge in [0, 0.05) is 0 Å². The fourth-order valence-corrected chi connectivity index (χ4v) is 0.759. The van der Waals surface area contributed by atoms with E-state index in [1.807, 2.05) is 0 Å². The zero-order chi connectivity index (χ0) is 8.27. The smallest absolute Gasteiger partial charge is 0.162 e. The molecule has 1 aromatic heterocycles. The maximum Gasteiger partial charge on any atom is 0.162 e. The van der Waals surface area contributed by atoms with Gasteiger partial charge in [0.2, 0.25) is 0 Å². The molecule has 11 heavy (non-hydrogen) atoms. The summed E-state index contributed by atoms with van der Waals surface area (Å²) in [5.74, 6) is 5.76. The second-order valence-corrected chi connectivity index (χ2v) is 2.23. The molecule has 0 aliphatic heterocycles. The average molecular weight is 168 g/mol. The average Bonchev–Trinajstić information content (AvgIpc) is 1.98. The number of nitrogen functional groups attached to an aromatic ring is 1. The van der Waals surface area contributed by atoms with Crippen LogP contribution in [0.3, 0.4) is 0 Å². The molecule has 4 heteroatoms. The van der Waals surface area contributed by atoms with E-state index in [1.165, 1.54) is 0 Å². The maximum atomic E-state index is 5.56. The molecule has 0 bridgehead atoms. The van der Waals surface area contributed by atoms with Gasteiger partial charge in [-0.05, 0) is 13.0 Å². The summed E-state index contributed by atoms with van der Waals surface area (Å²) in [7, 11) is 0. The van der Waals surface area contributed by atoms with Crippen LogP contribution >= 0.6 is 11.6 Å². The minimum Gasteiger partial charge on any atom is -0.381 e. The van der Waals surface area contributed by atoms with E-state index in [0.717, 1.165) is 0 Å². The van der Waals surface area contributed by atoms with Crippen LogP contribution in [0.2, 0.25) is 5.15 Å². The van der Waals surface area contributed by atoms with Crippen LogP contribution in [0.15, 0.2) is 6.07 Å². The molecule has 0 atom stereocenters. The van der Waals surface area contributed by atoms with Crippen LogP contribution in [-0.4, -0.2) is 10.2 Å². The third kappa shape index (κ3) is 1.82. The summed E-state index contributed by atoms with van der Waals surface area (Å²) in [4.78, 5) is 0. The molecule has 0 aliphatic rings. The summed E-state index contributed by atoms with van der Waals surface area (Å²) in [6, 6.07) is 1.58. The Bertz CT molecular complexity index is 324. The van der Waals surface area contributed by atoms with Crippen molar-refractivity contribution in [1.82, 2.24) is 10.2 Å². The third-order valence-corrected chi connectivity index (χ3v) is 1.24. The largest absolute Gasteiger partial charge is 0.381 e. The lowest BCUT2D eigenvalue weighted by Crippen LogP contribution is -1.96. The molecule has 3 nitrogen and oxygen atoms in total. The van der Waals surface area contributed by atoms with Crippen molar-refractivity contribution >= 4 is 17.4 Å². The standard InChI is InChI=1S/C7H6ClN3/c1-2-3-5-4-6(8)10-11-7(5)9/h4H,1H3,(H2,9,11). The van der Waals surface area contributed by atoms with E-state index in [4.69, 9.17) is 17.3 Å². The third-order valence-electron chi connectivity index (χ3n) is 1.05. The Kier molecular flexibility index (Phi) is 2.29. The Balaban J connectivity index is 3.19. The molecule has 0 aliphatic carbocycles. The summed E-state index contributed by atoms with van der Waals surface area (Å²) >= 11 is 5.56. The molecule has 1 rings (SSSR count). The van der Waals surface area contributed by atoms with Crippen molar-refractivity contribution < 1.29 is 0 Å². The number of halogens is 1. The number of rotatable bonds is 0. The van der Waals surface area contributed by atoms with Gasteiger partial charge >= 0.3 is 0 Å². The second-order valence-electron chi connectivity index (χ2n) is 1.84. The normalized spacial score (nSPS) is 8.55. The second kappa shape index (κ2) is 3.22. The van der Waals surface area contributed by atoms with E-state index in [2.05, 4.69) is 22.0 Å². The maximum absolute atomic E-state index is 5.56. The van der Waals surface area contributed by atoms with Crippen molar-refractivity contribution in [3.05, 3.63) is 16.8 Å². The molecular weight excluding hydrogens is 162 g/mol. The van der Waals surface area contributed by atoms with E-state index < -0.39 is 0 Å². The molecule has 0 unspecified atom stereocenters. The predicted octanol–water partition coefficient (Wildman–Crippen LogP) is 1.08. The van der Waals surface area contributed by atoms with Crippen molar-refractivity contribution in [2.45, 2.75) is 6.92 Å². The molecule has 2 N–H and O–H groups in total. The first-order valence-electron chi connectivity index (χ1n) is 2.95. The SMILES string of the molecule is CC#Cc1cc(Cl)nnc1N. The van der Waals surface area contributed by atoms with Gasteiger partial charge in [-0.2, -0.15) is 0 Å². The first kappa shape index (κ1) is 7.83.